The number of hydrogen-bond donors (Lipinski definition) is 3. The molecule has 0 saturated heterocycles. The number of aromatic nitrogens is 2. The summed E-state index contributed by atoms with van der Waals surface area (Å²) < 4.78 is 0. The second kappa shape index (κ2) is 19.7. The minimum absolute atomic E-state index is 0.221. The second-order valence-corrected chi connectivity index (χ2v) is 12.5. The predicted octanol–water partition coefficient (Wildman–Crippen LogP) is 6.98. The van der Waals surface area contributed by atoms with E-state index in [2.05, 4.69) is 56.0 Å². The van der Waals surface area contributed by atoms with E-state index in [9.17, 15) is 14.7 Å². The van der Waals surface area contributed by atoms with Crippen molar-refractivity contribution in [1.82, 2.24) is 9.97 Å². The molecule has 1 aromatic heterocycles. The van der Waals surface area contributed by atoms with Gasteiger partial charge in [-0.1, -0.05) is 84.3 Å². The molecule has 39 heavy (non-hydrogen) atoms. The van der Waals surface area contributed by atoms with Crippen molar-refractivity contribution in [1.29, 1.82) is 0 Å². The maximum atomic E-state index is 11.8. The van der Waals surface area contributed by atoms with Gasteiger partial charge in [0.25, 0.3) is 0 Å². The van der Waals surface area contributed by atoms with Gasteiger partial charge in [0.1, 0.15) is 18.4 Å². The first-order chi connectivity index (χ1) is 18.5. The molecule has 9 heteroatoms. The third kappa shape index (κ3) is 17.1. The number of nitrogens with zero attached hydrogens (tertiary/aromatic N) is 3. The fraction of sp³-hybridized carbons (Fsp3) is 0.733. The minimum Gasteiger partial charge on any atom is -0.480 e. The lowest BCUT2D eigenvalue weighted by molar-refractivity contribution is -0.137. The highest BCUT2D eigenvalue weighted by molar-refractivity contribution is 7.99. The number of thioether (sulfide) groups is 1. The molecule has 0 aliphatic carbocycles. The molecule has 1 rings (SSSR count). The number of carbonyl (C=O) groups is 2. The summed E-state index contributed by atoms with van der Waals surface area (Å²) >= 11 is 1.57. The molecule has 0 saturated carbocycles. The van der Waals surface area contributed by atoms with Gasteiger partial charge in [0.15, 0.2) is 0 Å². The number of hydrogen-bond acceptors (Lipinski definition) is 7. The zero-order valence-corrected chi connectivity index (χ0v) is 25.8. The molecule has 2 unspecified atom stereocenters. The summed E-state index contributed by atoms with van der Waals surface area (Å²) in [6, 6.07) is 0.772. The van der Waals surface area contributed by atoms with Crippen LogP contribution in [0.5, 0.6) is 0 Å². The van der Waals surface area contributed by atoms with Crippen LogP contribution < -0.4 is 10.2 Å². The first-order valence-corrected chi connectivity index (χ1v) is 15.6. The third-order valence-electron chi connectivity index (χ3n) is 6.95. The molecular weight excluding hydrogens is 512 g/mol. The molecule has 0 aliphatic rings. The molecule has 0 radical (unpaired) electrons. The van der Waals surface area contributed by atoms with Crippen LogP contribution in [0.25, 0.3) is 0 Å². The van der Waals surface area contributed by atoms with Crippen LogP contribution in [0.15, 0.2) is 23.9 Å². The Hall–Kier alpha value is -2.29. The second-order valence-electron chi connectivity index (χ2n) is 11.5. The Balaban J connectivity index is 2.31. The first-order valence-electron chi connectivity index (χ1n) is 14.5. The molecule has 3 N–H and O–H groups in total. The van der Waals surface area contributed by atoms with Gasteiger partial charge in [-0.2, -0.15) is 16.7 Å². The van der Waals surface area contributed by atoms with E-state index in [0.29, 0.717) is 11.6 Å². The Bertz CT molecular complexity index is 880. The monoisotopic (exact) mass is 564 g/mol. The number of carboxylic acid groups (broad SMARTS) is 2. The van der Waals surface area contributed by atoms with Crippen LogP contribution in [0, 0.1) is 17.8 Å². The molecule has 0 amide bonds. The molecule has 222 valence electrons. The number of nitrogens with one attached hydrogen (secondary N) is 1. The van der Waals surface area contributed by atoms with Crippen LogP contribution >= 0.6 is 11.8 Å². The van der Waals surface area contributed by atoms with Gasteiger partial charge in [-0.15, -0.1) is 0 Å². The van der Waals surface area contributed by atoms with Crippen molar-refractivity contribution in [3.8, 4) is 0 Å². The summed E-state index contributed by atoms with van der Waals surface area (Å²) in [5, 5.41) is 21.5. The zero-order chi connectivity index (χ0) is 29.2. The topological polar surface area (TPSA) is 116 Å². The third-order valence-corrected chi connectivity index (χ3v) is 7.92. The van der Waals surface area contributed by atoms with Crippen LogP contribution in [0.4, 0.5) is 11.8 Å². The van der Waals surface area contributed by atoms with Crippen molar-refractivity contribution in [2.45, 2.75) is 98.4 Å². The number of carboxylic acids is 2. The van der Waals surface area contributed by atoms with Crippen molar-refractivity contribution >= 4 is 35.5 Å². The van der Waals surface area contributed by atoms with Crippen molar-refractivity contribution in [2.24, 2.45) is 17.8 Å². The molecule has 0 fully saturated rings. The molecule has 1 heterocycles. The fourth-order valence-corrected chi connectivity index (χ4v) is 5.44. The molecular formula is C30H52N4O4S. The van der Waals surface area contributed by atoms with Gasteiger partial charge in [0.2, 0.25) is 5.95 Å². The Morgan fingerprint density at radius 1 is 1.03 bits per heavy atom. The van der Waals surface area contributed by atoms with Crippen LogP contribution in [0.2, 0.25) is 0 Å². The molecule has 0 bridgehead atoms. The van der Waals surface area contributed by atoms with Gasteiger partial charge in [0, 0.05) is 24.8 Å². The Morgan fingerprint density at radius 3 is 2.23 bits per heavy atom. The van der Waals surface area contributed by atoms with Crippen molar-refractivity contribution in [2.75, 3.05) is 35.3 Å². The smallest absolute Gasteiger partial charge is 0.327 e. The normalized spacial score (nSPS) is 14.2. The summed E-state index contributed by atoms with van der Waals surface area (Å²) in [7, 11) is 1.57. The minimum atomic E-state index is -0.995. The summed E-state index contributed by atoms with van der Waals surface area (Å²) in [5.74, 6) is 2.20. The lowest BCUT2D eigenvalue weighted by Gasteiger charge is -2.17. The van der Waals surface area contributed by atoms with E-state index in [-0.39, 0.29) is 12.5 Å². The first kappa shape index (κ1) is 34.7. The summed E-state index contributed by atoms with van der Waals surface area (Å²) in [5.41, 5.74) is 1.36. The van der Waals surface area contributed by atoms with Crippen LogP contribution in [0.1, 0.15) is 92.4 Å². The SMILES string of the molecule is C/C(=C\CSC[C@H](Nc1ccnc(N(C)CC(=O)O)n1)C(=O)O)CCCC(C)CCCC(C)CCCC(C)C. The van der Waals surface area contributed by atoms with Crippen LogP contribution in [-0.4, -0.2) is 63.3 Å². The zero-order valence-electron chi connectivity index (χ0n) is 25.0. The Kier molecular flexibility index (Phi) is 17.6. The number of aliphatic carboxylic acids is 2. The molecule has 8 nitrogen and oxygen atoms in total. The Labute approximate surface area is 240 Å². The number of likely N-dealkylation sites (N-methyl/N-ethyl adjacent to an activating group) is 1. The van der Waals surface area contributed by atoms with E-state index < -0.39 is 18.0 Å². The van der Waals surface area contributed by atoms with E-state index in [1.165, 1.54) is 68.0 Å². The summed E-state index contributed by atoms with van der Waals surface area (Å²) in [6.45, 7) is 11.3. The average Bonchev–Trinajstić information content (AvgIpc) is 2.85. The molecule has 0 aromatic carbocycles. The van der Waals surface area contributed by atoms with E-state index in [1.807, 2.05) is 0 Å². The van der Waals surface area contributed by atoms with Gasteiger partial charge in [0.05, 0.1) is 0 Å². The van der Waals surface area contributed by atoms with Gasteiger partial charge < -0.3 is 20.4 Å². The number of rotatable bonds is 22. The van der Waals surface area contributed by atoms with Gasteiger partial charge in [-0.05, 0) is 43.6 Å². The maximum absolute atomic E-state index is 11.8. The van der Waals surface area contributed by atoms with E-state index >= 15 is 0 Å². The van der Waals surface area contributed by atoms with Gasteiger partial charge >= 0.3 is 11.9 Å². The summed E-state index contributed by atoms with van der Waals surface area (Å²) in [6.07, 6.45) is 15.3. The van der Waals surface area contributed by atoms with Crippen LogP contribution in [-0.2, 0) is 9.59 Å². The van der Waals surface area contributed by atoms with Crippen molar-refractivity contribution in [3.63, 3.8) is 0 Å². The highest BCUT2D eigenvalue weighted by Crippen LogP contribution is 2.22. The van der Waals surface area contributed by atoms with Crippen LogP contribution in [0.3, 0.4) is 0 Å². The highest BCUT2D eigenvalue weighted by Gasteiger charge is 2.18. The lowest BCUT2D eigenvalue weighted by Crippen LogP contribution is -2.33. The number of allylic oxidation sites excluding steroid dienone is 1. The highest BCUT2D eigenvalue weighted by atomic mass is 32.2. The largest absolute Gasteiger partial charge is 0.480 e. The van der Waals surface area contributed by atoms with E-state index in [4.69, 9.17) is 5.11 Å². The maximum Gasteiger partial charge on any atom is 0.327 e. The summed E-state index contributed by atoms with van der Waals surface area (Å²) in [4.78, 5) is 32.4. The molecule has 1 aromatic rings. The Morgan fingerprint density at radius 2 is 1.64 bits per heavy atom. The van der Waals surface area contributed by atoms with Gasteiger partial charge in [-0.25, -0.2) is 9.78 Å². The standard InChI is InChI=1S/C30H52N4O4S/c1-22(2)10-7-11-23(3)12-8-13-24(4)14-9-15-25(5)17-19-39-21-26(29(37)38)32-27-16-18-31-30(33-27)34(6)20-28(35)36/h16-18,22-24,26H,7-15,19-21H2,1-6H3,(H,35,36)(H,37,38)(H,31,32,33)/b25-17+/t23?,24?,26-/m0/s1. The quantitative estimate of drug-likeness (QED) is 0.101. The molecule has 0 spiro atoms. The molecule has 3 atom stereocenters. The lowest BCUT2D eigenvalue weighted by atomic mass is 9.91. The van der Waals surface area contributed by atoms with E-state index in [1.54, 1.807) is 24.9 Å². The fourth-order valence-electron chi connectivity index (χ4n) is 4.44. The van der Waals surface area contributed by atoms with Crippen molar-refractivity contribution < 1.29 is 19.8 Å². The van der Waals surface area contributed by atoms with Crippen molar-refractivity contribution in [3.05, 3.63) is 23.9 Å². The number of anilines is 2. The predicted molar refractivity (Wildman–Crippen MR) is 164 cm³/mol. The average molecular weight is 565 g/mol. The van der Waals surface area contributed by atoms with Gasteiger partial charge in [-0.3, -0.25) is 4.79 Å². The van der Waals surface area contributed by atoms with E-state index in [0.717, 1.165) is 29.9 Å². The molecule has 0 aliphatic heterocycles.